The van der Waals surface area contributed by atoms with E-state index in [4.69, 9.17) is 5.11 Å². The average molecular weight is 286 g/mol. The molecule has 3 unspecified atom stereocenters. The SMILES string of the molecule is O=C(O)NC1CC1c1ccccc1C1CN2CCC1CC2. The molecule has 3 aliphatic heterocycles. The number of amides is 1. The molecule has 3 heterocycles. The average Bonchev–Trinajstić information content (AvgIpc) is 3.26. The molecule has 1 aromatic rings. The normalized spacial score (nSPS) is 37.2. The Kier molecular flexibility index (Phi) is 3.14. The van der Waals surface area contributed by atoms with E-state index in [1.165, 1.54) is 43.6 Å². The lowest BCUT2D eigenvalue weighted by Crippen LogP contribution is -2.46. The second-order valence-electron chi connectivity index (χ2n) is 6.77. The summed E-state index contributed by atoms with van der Waals surface area (Å²) in [4.78, 5) is 13.4. The maximum Gasteiger partial charge on any atom is 0.404 e. The van der Waals surface area contributed by atoms with Gasteiger partial charge in [-0.1, -0.05) is 24.3 Å². The van der Waals surface area contributed by atoms with E-state index in [2.05, 4.69) is 34.5 Å². The molecule has 5 rings (SSSR count). The van der Waals surface area contributed by atoms with Gasteiger partial charge < -0.3 is 15.3 Å². The van der Waals surface area contributed by atoms with Gasteiger partial charge in [-0.25, -0.2) is 4.79 Å². The number of carboxylic acid groups (broad SMARTS) is 1. The van der Waals surface area contributed by atoms with E-state index in [9.17, 15) is 4.79 Å². The highest BCUT2D eigenvalue weighted by molar-refractivity contribution is 5.66. The molecule has 3 atom stereocenters. The highest BCUT2D eigenvalue weighted by atomic mass is 16.4. The molecule has 112 valence electrons. The molecule has 0 spiro atoms. The van der Waals surface area contributed by atoms with Gasteiger partial charge in [0.1, 0.15) is 0 Å². The summed E-state index contributed by atoms with van der Waals surface area (Å²) in [7, 11) is 0. The Morgan fingerprint density at radius 2 is 1.81 bits per heavy atom. The van der Waals surface area contributed by atoms with Crippen LogP contribution in [0.4, 0.5) is 4.79 Å². The van der Waals surface area contributed by atoms with Crippen molar-refractivity contribution in [2.24, 2.45) is 5.92 Å². The summed E-state index contributed by atoms with van der Waals surface area (Å²) in [5.41, 5.74) is 2.86. The summed E-state index contributed by atoms with van der Waals surface area (Å²) in [6, 6.07) is 8.83. The molecule has 2 N–H and O–H groups in total. The zero-order valence-corrected chi connectivity index (χ0v) is 12.2. The Balaban J connectivity index is 1.58. The van der Waals surface area contributed by atoms with Gasteiger partial charge in [0, 0.05) is 18.5 Å². The van der Waals surface area contributed by atoms with E-state index in [1.54, 1.807) is 0 Å². The first-order chi connectivity index (χ1) is 10.2. The first-order valence-corrected chi connectivity index (χ1v) is 8.03. The van der Waals surface area contributed by atoms with Crippen molar-refractivity contribution >= 4 is 6.09 Å². The molecule has 4 nitrogen and oxygen atoms in total. The molecule has 0 radical (unpaired) electrons. The summed E-state index contributed by atoms with van der Waals surface area (Å²) in [6.07, 6.45) is 2.69. The van der Waals surface area contributed by atoms with Crippen LogP contribution in [0.3, 0.4) is 0 Å². The van der Waals surface area contributed by atoms with Crippen LogP contribution in [0.5, 0.6) is 0 Å². The van der Waals surface area contributed by atoms with Crippen LogP contribution in [0.1, 0.15) is 42.2 Å². The number of benzene rings is 1. The van der Waals surface area contributed by atoms with Crippen molar-refractivity contribution in [2.75, 3.05) is 19.6 Å². The van der Waals surface area contributed by atoms with E-state index >= 15 is 0 Å². The van der Waals surface area contributed by atoms with Crippen LogP contribution in [0.25, 0.3) is 0 Å². The van der Waals surface area contributed by atoms with Gasteiger partial charge >= 0.3 is 6.09 Å². The van der Waals surface area contributed by atoms with Crippen molar-refractivity contribution < 1.29 is 9.90 Å². The van der Waals surface area contributed by atoms with E-state index in [1.807, 2.05) is 0 Å². The molecule has 1 amide bonds. The van der Waals surface area contributed by atoms with Crippen molar-refractivity contribution in [1.29, 1.82) is 0 Å². The fourth-order valence-corrected chi connectivity index (χ4v) is 4.36. The first-order valence-electron chi connectivity index (χ1n) is 8.03. The van der Waals surface area contributed by atoms with E-state index < -0.39 is 6.09 Å². The molecule has 0 aromatic heterocycles. The lowest BCUT2D eigenvalue weighted by atomic mass is 9.74. The second-order valence-corrected chi connectivity index (χ2v) is 6.77. The van der Waals surface area contributed by atoms with Crippen LogP contribution >= 0.6 is 0 Å². The molecule has 1 saturated carbocycles. The summed E-state index contributed by atoms with van der Waals surface area (Å²) >= 11 is 0. The van der Waals surface area contributed by atoms with Crippen LogP contribution in [-0.2, 0) is 0 Å². The maximum absolute atomic E-state index is 10.8. The van der Waals surface area contributed by atoms with Crippen molar-refractivity contribution in [3.63, 3.8) is 0 Å². The quantitative estimate of drug-likeness (QED) is 0.898. The molecule has 3 saturated heterocycles. The van der Waals surface area contributed by atoms with Gasteiger partial charge in [0.2, 0.25) is 0 Å². The predicted molar refractivity (Wildman–Crippen MR) is 80.7 cm³/mol. The summed E-state index contributed by atoms with van der Waals surface area (Å²) < 4.78 is 0. The third-order valence-corrected chi connectivity index (χ3v) is 5.55. The van der Waals surface area contributed by atoms with Gasteiger partial charge in [0.15, 0.2) is 0 Å². The zero-order chi connectivity index (χ0) is 14.4. The zero-order valence-electron chi connectivity index (χ0n) is 12.2. The smallest absolute Gasteiger partial charge is 0.404 e. The number of fused-ring (bicyclic) bond motifs is 3. The minimum Gasteiger partial charge on any atom is -0.465 e. The molecule has 2 bridgehead atoms. The molecule has 4 aliphatic rings. The van der Waals surface area contributed by atoms with Crippen LogP contribution in [-0.4, -0.2) is 41.8 Å². The van der Waals surface area contributed by atoms with Crippen LogP contribution in [0.2, 0.25) is 0 Å². The summed E-state index contributed by atoms with van der Waals surface area (Å²) in [5.74, 6) is 1.85. The van der Waals surface area contributed by atoms with Crippen molar-refractivity contribution in [3.8, 4) is 0 Å². The Morgan fingerprint density at radius 3 is 2.38 bits per heavy atom. The summed E-state index contributed by atoms with van der Waals surface area (Å²) in [5, 5.41) is 11.5. The van der Waals surface area contributed by atoms with Crippen molar-refractivity contribution in [3.05, 3.63) is 35.4 Å². The highest BCUT2D eigenvalue weighted by Gasteiger charge is 2.43. The number of nitrogens with one attached hydrogen (secondary N) is 1. The Labute approximate surface area is 125 Å². The van der Waals surface area contributed by atoms with E-state index in [0.29, 0.717) is 11.8 Å². The van der Waals surface area contributed by atoms with Crippen LogP contribution in [0, 0.1) is 5.92 Å². The lowest BCUT2D eigenvalue weighted by Gasteiger charge is -2.45. The molecular formula is C17H22N2O2. The number of rotatable bonds is 3. The molecular weight excluding hydrogens is 264 g/mol. The fourth-order valence-electron chi connectivity index (χ4n) is 4.36. The van der Waals surface area contributed by atoms with Gasteiger partial charge in [0.25, 0.3) is 0 Å². The van der Waals surface area contributed by atoms with Crippen LogP contribution in [0.15, 0.2) is 24.3 Å². The number of piperidine rings is 3. The van der Waals surface area contributed by atoms with E-state index in [0.717, 1.165) is 12.3 Å². The van der Waals surface area contributed by atoms with Crippen LogP contribution < -0.4 is 5.32 Å². The topological polar surface area (TPSA) is 52.6 Å². The molecule has 4 heteroatoms. The largest absolute Gasteiger partial charge is 0.465 e. The molecule has 4 fully saturated rings. The second kappa shape index (κ2) is 5.02. The van der Waals surface area contributed by atoms with Gasteiger partial charge in [0.05, 0.1) is 0 Å². The fraction of sp³-hybridized carbons (Fsp3) is 0.588. The van der Waals surface area contributed by atoms with E-state index in [-0.39, 0.29) is 6.04 Å². The van der Waals surface area contributed by atoms with Gasteiger partial charge in [-0.15, -0.1) is 0 Å². The molecule has 1 aliphatic carbocycles. The number of nitrogens with zero attached hydrogens (tertiary/aromatic N) is 1. The van der Waals surface area contributed by atoms with Gasteiger partial charge in [-0.05, 0) is 55.3 Å². The standard InChI is InChI=1S/C17H22N2O2/c20-17(21)18-16-9-14(16)12-3-1-2-4-13(12)15-10-19-7-5-11(15)6-8-19/h1-4,11,14-16,18H,5-10H2,(H,20,21). The number of carbonyl (C=O) groups is 1. The predicted octanol–water partition coefficient (Wildman–Crippen LogP) is 2.62. The maximum atomic E-state index is 10.8. The minimum absolute atomic E-state index is 0.115. The first kappa shape index (κ1) is 13.1. The van der Waals surface area contributed by atoms with Gasteiger partial charge in [-0.2, -0.15) is 0 Å². The molecule has 21 heavy (non-hydrogen) atoms. The minimum atomic E-state index is -0.900. The number of hydrogen-bond acceptors (Lipinski definition) is 2. The third-order valence-electron chi connectivity index (χ3n) is 5.55. The monoisotopic (exact) mass is 286 g/mol. The highest BCUT2D eigenvalue weighted by Crippen LogP contribution is 2.47. The Hall–Kier alpha value is -1.55. The number of hydrogen-bond donors (Lipinski definition) is 2. The Morgan fingerprint density at radius 1 is 1.14 bits per heavy atom. The Bertz CT molecular complexity index is 551. The lowest BCUT2D eigenvalue weighted by molar-refractivity contribution is 0.0867. The molecule has 1 aromatic carbocycles. The van der Waals surface area contributed by atoms with Crippen molar-refractivity contribution in [1.82, 2.24) is 10.2 Å². The van der Waals surface area contributed by atoms with Gasteiger partial charge in [-0.3, -0.25) is 0 Å². The third kappa shape index (κ3) is 2.42. The van der Waals surface area contributed by atoms with Crippen molar-refractivity contribution in [2.45, 2.75) is 37.1 Å². The summed E-state index contributed by atoms with van der Waals surface area (Å²) in [6.45, 7) is 3.71.